The van der Waals surface area contributed by atoms with Gasteiger partial charge in [-0.25, -0.2) is 27.5 Å². The molecule has 74 heavy (non-hydrogen) atoms. The number of nitro groups is 1. The van der Waals surface area contributed by atoms with Crippen molar-refractivity contribution in [2.45, 2.75) is 107 Å². The van der Waals surface area contributed by atoms with Gasteiger partial charge in [-0.15, -0.1) is 0 Å². The van der Waals surface area contributed by atoms with E-state index in [-0.39, 0.29) is 52.3 Å². The first-order chi connectivity index (χ1) is 35.4. The van der Waals surface area contributed by atoms with Crippen LogP contribution < -0.4 is 19.1 Å². The Labute approximate surface area is 435 Å². The zero-order valence-corrected chi connectivity index (χ0v) is 43.4. The number of sulfonamides is 1. The Morgan fingerprint density at radius 3 is 2.46 bits per heavy atom. The summed E-state index contributed by atoms with van der Waals surface area (Å²) in [7, 11) is -4.73. The summed E-state index contributed by atoms with van der Waals surface area (Å²) >= 11 is 6.23. The fourth-order valence-electron chi connectivity index (χ4n) is 11.5. The second-order valence-corrected chi connectivity index (χ2v) is 23.5. The molecule has 2 aliphatic carbocycles. The van der Waals surface area contributed by atoms with Crippen LogP contribution in [0.3, 0.4) is 0 Å². The van der Waals surface area contributed by atoms with E-state index in [1.54, 1.807) is 19.1 Å². The van der Waals surface area contributed by atoms with Crippen molar-refractivity contribution in [1.82, 2.24) is 29.5 Å². The van der Waals surface area contributed by atoms with Crippen molar-refractivity contribution in [3.8, 4) is 17.4 Å². The number of ether oxygens (including phenoxy) is 2. The maximum absolute atomic E-state index is 14.7. The Hall–Kier alpha value is -6.18. The number of rotatable bonds is 15. The number of aromatic amines is 1. The summed E-state index contributed by atoms with van der Waals surface area (Å²) in [5, 5.41) is 23.4. The number of nitrogens with one attached hydrogen (secondary N) is 2. The smallest absolute Gasteiger partial charge is 0.332 e. The van der Waals surface area contributed by atoms with Gasteiger partial charge in [-0.3, -0.25) is 24.7 Å². The molecule has 2 saturated heterocycles. The Morgan fingerprint density at radius 2 is 1.73 bits per heavy atom. The number of piperidine rings is 1. The minimum Gasteiger partial charge on any atom is -0.473 e. The number of carbonyl (C=O) groups is 1. The van der Waals surface area contributed by atoms with Gasteiger partial charge in [0, 0.05) is 80.4 Å². The Balaban J connectivity index is 0.840. The maximum atomic E-state index is 14.7. The molecule has 4 fully saturated rings. The van der Waals surface area contributed by atoms with Gasteiger partial charge in [0.05, 0.1) is 40.5 Å². The first-order valence-electron chi connectivity index (χ1n) is 25.5. The van der Waals surface area contributed by atoms with Crippen molar-refractivity contribution in [1.29, 1.82) is 0 Å². The summed E-state index contributed by atoms with van der Waals surface area (Å²) in [6.07, 6.45) is 10.0. The number of H-pyrrole nitrogens is 1. The molecule has 2 aliphatic heterocycles. The first-order valence-corrected chi connectivity index (χ1v) is 27.4. The largest absolute Gasteiger partial charge is 0.473 e. The number of carbonyl (C=O) groups excluding carboxylic acids is 1. The number of nitrogens with zero attached hydrogens (tertiary/aromatic N) is 6. The molecule has 1 atom stereocenters. The number of piperazine rings is 1. The molecule has 2 saturated carbocycles. The van der Waals surface area contributed by atoms with Crippen LogP contribution in [-0.4, -0.2) is 100 Å². The predicted molar refractivity (Wildman–Crippen MR) is 280 cm³/mol. The molecular formula is C55H62ClFN8O8S. The van der Waals surface area contributed by atoms with Gasteiger partial charge in [-0.1, -0.05) is 61.8 Å². The topological polar surface area (TPSA) is 196 Å². The molecule has 0 radical (unpaired) electrons. The summed E-state index contributed by atoms with van der Waals surface area (Å²) in [5.41, 5.74) is 3.68. The van der Waals surface area contributed by atoms with E-state index >= 15 is 0 Å². The molecule has 16 nitrogen and oxygen atoms in total. The SMILES string of the molecule is CC(C)c1ccccc1[C@@H]1CN(Cc2ccc(Cl)cc2)CCN1C1CC2(CCN(c3ccc(C(=O)NS(=O)(=O)c4cnc(OCC5CCC(C)(O)CC5)c([N+](=O)[O-])c4)c(Oc4cnc5[nH]cc(F)c5c4)c3)CC2)C1. The lowest BCUT2D eigenvalue weighted by molar-refractivity contribution is -0.386. The highest BCUT2D eigenvalue weighted by Crippen LogP contribution is 2.53. The zero-order valence-electron chi connectivity index (χ0n) is 41.8. The van der Waals surface area contributed by atoms with E-state index in [1.807, 2.05) is 16.9 Å². The molecule has 1 amide bonds. The number of halogens is 2. The van der Waals surface area contributed by atoms with Gasteiger partial charge in [0.25, 0.3) is 21.8 Å². The van der Waals surface area contributed by atoms with Crippen LogP contribution in [0.4, 0.5) is 15.8 Å². The van der Waals surface area contributed by atoms with Crippen LogP contribution in [0.25, 0.3) is 11.0 Å². The van der Waals surface area contributed by atoms with E-state index in [0.29, 0.717) is 43.3 Å². The van der Waals surface area contributed by atoms with E-state index < -0.39 is 42.9 Å². The summed E-state index contributed by atoms with van der Waals surface area (Å²) in [4.78, 5) is 43.4. The molecule has 4 aliphatic rings. The molecule has 10 rings (SSSR count). The molecule has 0 unspecified atom stereocenters. The van der Waals surface area contributed by atoms with Crippen LogP contribution in [0.5, 0.6) is 17.4 Å². The fourth-order valence-corrected chi connectivity index (χ4v) is 12.6. The van der Waals surface area contributed by atoms with Crippen LogP contribution >= 0.6 is 11.6 Å². The van der Waals surface area contributed by atoms with E-state index in [9.17, 15) is 32.8 Å². The van der Waals surface area contributed by atoms with Crippen molar-refractivity contribution in [3.63, 3.8) is 0 Å². The summed E-state index contributed by atoms with van der Waals surface area (Å²) in [6.45, 7) is 11.7. The Bertz CT molecular complexity index is 3150. The fraction of sp³-hybridized carbons (Fsp3) is 0.436. The molecule has 3 aromatic heterocycles. The minimum absolute atomic E-state index is 0.00343. The predicted octanol–water partition coefficient (Wildman–Crippen LogP) is 10.3. The van der Waals surface area contributed by atoms with Gasteiger partial charge < -0.3 is 24.5 Å². The quantitative estimate of drug-likeness (QED) is 0.0650. The number of anilines is 1. The van der Waals surface area contributed by atoms with Gasteiger partial charge >= 0.3 is 5.69 Å². The standard InChI is InChI=1S/C55H62ClFN8O8S/c1-35(2)43-6-4-5-7-44(43)49-33-62(32-36-8-10-38(56)11-9-36)22-23-64(49)40-27-55(28-40)18-20-63(21-19-55)39-12-13-45(50(24-39)73-41-25-46-47(57)31-59-51(46)58-29-41)52(66)61-74(70,71)42-26-48(65(68)69)53(60-30-42)72-34-37-14-16-54(3,67)17-15-37/h4-13,24-26,29-31,35,37,40,49,67H,14-23,27-28,32-34H2,1-3H3,(H,58,59)(H,61,66)/t37?,49-,54?/m0/s1. The van der Waals surface area contributed by atoms with Crippen molar-refractivity contribution in [2.24, 2.45) is 11.3 Å². The van der Waals surface area contributed by atoms with Crippen LogP contribution in [0.15, 0.2) is 102 Å². The van der Waals surface area contributed by atoms with Gasteiger partial charge in [0.1, 0.15) is 27.9 Å². The highest BCUT2D eigenvalue weighted by atomic mass is 35.5. The number of benzene rings is 3. The van der Waals surface area contributed by atoms with Gasteiger partial charge in [0.15, 0.2) is 0 Å². The van der Waals surface area contributed by atoms with Crippen molar-refractivity contribution in [2.75, 3.05) is 44.2 Å². The van der Waals surface area contributed by atoms with Gasteiger partial charge in [-0.2, -0.15) is 0 Å². The second-order valence-electron chi connectivity index (χ2n) is 21.4. The van der Waals surface area contributed by atoms with Crippen molar-refractivity contribution >= 4 is 49.9 Å². The van der Waals surface area contributed by atoms with Crippen molar-refractivity contribution in [3.05, 3.63) is 141 Å². The summed E-state index contributed by atoms with van der Waals surface area (Å²) < 4.78 is 56.3. The molecular weight excluding hydrogens is 987 g/mol. The van der Waals surface area contributed by atoms with E-state index in [1.165, 1.54) is 41.2 Å². The van der Waals surface area contributed by atoms with E-state index in [2.05, 4.69) is 79.9 Å². The summed E-state index contributed by atoms with van der Waals surface area (Å²) in [6, 6.07) is 24.9. The maximum Gasteiger partial charge on any atom is 0.332 e. The van der Waals surface area contributed by atoms with Crippen LogP contribution in [0.1, 0.15) is 111 Å². The Morgan fingerprint density at radius 1 is 0.986 bits per heavy atom. The van der Waals surface area contributed by atoms with Gasteiger partial charge in [-0.05, 0) is 123 Å². The van der Waals surface area contributed by atoms with E-state index in [0.717, 1.165) is 87.9 Å². The van der Waals surface area contributed by atoms with Gasteiger partial charge in [0.2, 0.25) is 0 Å². The molecule has 3 aromatic carbocycles. The Kier molecular flexibility index (Phi) is 14.5. The number of hydrogen-bond donors (Lipinski definition) is 3. The van der Waals surface area contributed by atoms with Crippen LogP contribution in [-0.2, 0) is 16.6 Å². The lowest BCUT2D eigenvalue weighted by Gasteiger charge is -2.58. The molecule has 3 N–H and O–H groups in total. The molecule has 6 aromatic rings. The lowest BCUT2D eigenvalue weighted by atomic mass is 9.59. The third-order valence-electron chi connectivity index (χ3n) is 15.9. The minimum atomic E-state index is -4.73. The normalized spacial score (nSPS) is 21.7. The number of aromatic nitrogens is 3. The zero-order chi connectivity index (χ0) is 51.9. The molecule has 390 valence electrons. The highest BCUT2D eigenvalue weighted by molar-refractivity contribution is 7.90. The number of pyridine rings is 2. The molecule has 19 heteroatoms. The molecule has 5 heterocycles. The molecule has 1 spiro atoms. The average Bonchev–Trinajstić information content (AvgIpc) is 3.75. The number of aliphatic hydroxyl groups is 1. The molecule has 0 bridgehead atoms. The third kappa shape index (κ3) is 11.1. The third-order valence-corrected chi connectivity index (χ3v) is 17.4. The van der Waals surface area contributed by atoms with E-state index in [4.69, 9.17) is 21.1 Å². The van der Waals surface area contributed by atoms with Crippen LogP contribution in [0.2, 0.25) is 5.02 Å². The second kappa shape index (κ2) is 20.9. The van der Waals surface area contributed by atoms with Crippen LogP contribution in [0, 0.1) is 27.3 Å². The summed E-state index contributed by atoms with van der Waals surface area (Å²) in [5.74, 6) is -1.44. The average molecular weight is 1050 g/mol. The number of amides is 1. The number of fused-ring (bicyclic) bond motifs is 1. The van der Waals surface area contributed by atoms with Crippen molar-refractivity contribution < 1.29 is 37.1 Å². The monoisotopic (exact) mass is 1050 g/mol. The highest BCUT2D eigenvalue weighted by Gasteiger charge is 2.50. The first kappa shape index (κ1) is 51.3. The lowest BCUT2D eigenvalue weighted by Crippen LogP contribution is -2.60. The number of hydrogen-bond acceptors (Lipinski definition) is 13.